The van der Waals surface area contributed by atoms with Gasteiger partial charge in [0.25, 0.3) is 11.6 Å². The molecule has 0 aliphatic rings. The number of nitrogens with one attached hydrogen (secondary N) is 1. The summed E-state index contributed by atoms with van der Waals surface area (Å²) in [7, 11) is 1.37. The van der Waals surface area contributed by atoms with Crippen LogP contribution < -0.4 is 10.1 Å². The standard InChI is InChI=1S/C17H14Br2N2O6/c1-27-15-3-2-13(21(25)26)6-9(15)7-14(17(23)24)20-16(22)10-4-11(18)8-12(19)5-10/h2-6,8,14H,7H2,1H3,(H,20,22)(H,23,24)/t14-/m1/s1. The van der Waals surface area contributed by atoms with Crippen LogP contribution in [0.4, 0.5) is 5.69 Å². The molecule has 0 aromatic heterocycles. The second-order valence-electron chi connectivity index (χ2n) is 5.48. The van der Waals surface area contributed by atoms with Crippen molar-refractivity contribution in [2.75, 3.05) is 7.11 Å². The van der Waals surface area contributed by atoms with Crippen molar-refractivity contribution in [3.8, 4) is 5.75 Å². The molecule has 0 radical (unpaired) electrons. The maximum absolute atomic E-state index is 12.4. The maximum Gasteiger partial charge on any atom is 0.326 e. The fourth-order valence-electron chi connectivity index (χ4n) is 2.38. The van der Waals surface area contributed by atoms with Gasteiger partial charge in [-0.15, -0.1) is 0 Å². The molecule has 10 heteroatoms. The number of rotatable bonds is 7. The molecule has 0 spiro atoms. The lowest BCUT2D eigenvalue weighted by molar-refractivity contribution is -0.384. The Labute approximate surface area is 170 Å². The molecule has 2 aromatic carbocycles. The molecule has 0 heterocycles. The highest BCUT2D eigenvalue weighted by molar-refractivity contribution is 9.11. The Morgan fingerprint density at radius 2 is 1.85 bits per heavy atom. The molecule has 1 atom stereocenters. The minimum Gasteiger partial charge on any atom is -0.496 e. The molecule has 0 aliphatic carbocycles. The summed E-state index contributed by atoms with van der Waals surface area (Å²) in [6.07, 6.45) is -0.179. The number of non-ortho nitro benzene ring substituents is 1. The Bertz CT molecular complexity index is 883. The average molecular weight is 502 g/mol. The van der Waals surface area contributed by atoms with Crippen LogP contribution in [0.3, 0.4) is 0 Å². The summed E-state index contributed by atoms with van der Waals surface area (Å²) in [6.45, 7) is 0. The molecule has 0 fully saturated rings. The van der Waals surface area contributed by atoms with E-state index < -0.39 is 22.8 Å². The number of carbonyl (C=O) groups is 2. The van der Waals surface area contributed by atoms with Crippen molar-refractivity contribution in [1.82, 2.24) is 5.32 Å². The number of hydrogen-bond acceptors (Lipinski definition) is 5. The Kier molecular flexibility index (Phi) is 6.92. The number of ether oxygens (including phenoxy) is 1. The van der Waals surface area contributed by atoms with Crippen molar-refractivity contribution in [2.24, 2.45) is 0 Å². The summed E-state index contributed by atoms with van der Waals surface area (Å²) in [5.74, 6) is -1.56. The number of aliphatic carboxylic acids is 1. The lowest BCUT2D eigenvalue weighted by atomic mass is 10.0. The summed E-state index contributed by atoms with van der Waals surface area (Å²) in [5.41, 5.74) is 0.362. The van der Waals surface area contributed by atoms with Crippen LogP contribution in [0.25, 0.3) is 0 Å². The molecule has 0 saturated heterocycles. The molecule has 0 unspecified atom stereocenters. The zero-order valence-corrected chi connectivity index (χ0v) is 17.1. The van der Waals surface area contributed by atoms with E-state index in [-0.39, 0.29) is 17.7 Å². The highest BCUT2D eigenvalue weighted by atomic mass is 79.9. The van der Waals surface area contributed by atoms with Crippen molar-refractivity contribution in [2.45, 2.75) is 12.5 Å². The fraction of sp³-hybridized carbons (Fsp3) is 0.176. The number of nitro benzene ring substituents is 1. The van der Waals surface area contributed by atoms with Crippen LogP contribution in [0, 0.1) is 10.1 Å². The van der Waals surface area contributed by atoms with Crippen LogP contribution in [0.2, 0.25) is 0 Å². The van der Waals surface area contributed by atoms with Gasteiger partial charge in [-0.2, -0.15) is 0 Å². The number of halogens is 2. The first-order valence-corrected chi connectivity index (χ1v) is 9.11. The van der Waals surface area contributed by atoms with Crippen LogP contribution in [0.1, 0.15) is 15.9 Å². The third kappa shape index (κ3) is 5.51. The zero-order valence-electron chi connectivity index (χ0n) is 13.9. The molecule has 8 nitrogen and oxygen atoms in total. The summed E-state index contributed by atoms with van der Waals surface area (Å²) < 4.78 is 6.44. The van der Waals surface area contributed by atoms with Crippen LogP contribution in [-0.4, -0.2) is 35.1 Å². The minimum atomic E-state index is -1.30. The van der Waals surface area contributed by atoms with Gasteiger partial charge in [0.05, 0.1) is 12.0 Å². The Balaban J connectivity index is 2.28. The number of hydrogen-bond donors (Lipinski definition) is 2. The van der Waals surface area contributed by atoms with Crippen molar-refractivity contribution in [3.05, 3.63) is 66.6 Å². The predicted molar refractivity (Wildman–Crippen MR) is 104 cm³/mol. The quantitative estimate of drug-likeness (QED) is 0.442. The van der Waals surface area contributed by atoms with E-state index in [0.29, 0.717) is 20.3 Å². The third-order valence-corrected chi connectivity index (χ3v) is 4.54. The summed E-state index contributed by atoms with van der Waals surface area (Å²) in [4.78, 5) is 34.4. The predicted octanol–water partition coefficient (Wildman–Crippen LogP) is 3.55. The molecular formula is C17H14Br2N2O6. The number of carbonyl (C=O) groups excluding carboxylic acids is 1. The van der Waals surface area contributed by atoms with E-state index in [1.165, 1.54) is 25.3 Å². The van der Waals surface area contributed by atoms with E-state index in [1.807, 2.05) is 0 Å². The molecule has 2 N–H and O–H groups in total. The molecule has 1 amide bonds. The van der Waals surface area contributed by atoms with E-state index >= 15 is 0 Å². The summed E-state index contributed by atoms with van der Waals surface area (Å²) in [6, 6.07) is 7.41. The van der Waals surface area contributed by atoms with E-state index in [1.54, 1.807) is 18.2 Å². The Morgan fingerprint density at radius 1 is 1.22 bits per heavy atom. The Morgan fingerprint density at radius 3 is 2.37 bits per heavy atom. The largest absolute Gasteiger partial charge is 0.496 e. The van der Waals surface area contributed by atoms with Gasteiger partial charge in [0.1, 0.15) is 11.8 Å². The third-order valence-electron chi connectivity index (χ3n) is 3.63. The van der Waals surface area contributed by atoms with Crippen molar-refractivity contribution >= 4 is 49.4 Å². The number of nitro groups is 1. The van der Waals surface area contributed by atoms with Gasteiger partial charge in [0.15, 0.2) is 0 Å². The van der Waals surface area contributed by atoms with Gasteiger partial charge in [-0.05, 0) is 24.3 Å². The number of amides is 1. The van der Waals surface area contributed by atoms with Crippen molar-refractivity contribution in [1.29, 1.82) is 0 Å². The van der Waals surface area contributed by atoms with E-state index in [0.717, 1.165) is 0 Å². The summed E-state index contributed by atoms with van der Waals surface area (Å²) >= 11 is 6.53. The van der Waals surface area contributed by atoms with E-state index in [4.69, 9.17) is 4.74 Å². The maximum atomic E-state index is 12.4. The summed E-state index contributed by atoms with van der Waals surface area (Å²) in [5, 5.41) is 22.9. The highest BCUT2D eigenvalue weighted by Crippen LogP contribution is 2.25. The van der Waals surface area contributed by atoms with Crippen LogP contribution in [0.5, 0.6) is 5.75 Å². The number of carboxylic acid groups (broad SMARTS) is 1. The second-order valence-corrected chi connectivity index (χ2v) is 7.31. The lowest BCUT2D eigenvalue weighted by Gasteiger charge is -2.16. The molecule has 0 saturated carbocycles. The molecule has 142 valence electrons. The molecule has 0 aliphatic heterocycles. The van der Waals surface area contributed by atoms with Crippen LogP contribution in [0.15, 0.2) is 45.3 Å². The van der Waals surface area contributed by atoms with Crippen LogP contribution in [-0.2, 0) is 11.2 Å². The topological polar surface area (TPSA) is 119 Å². The smallest absolute Gasteiger partial charge is 0.326 e. The first kappa shape index (κ1) is 20.8. The zero-order chi connectivity index (χ0) is 20.1. The van der Waals surface area contributed by atoms with Gasteiger partial charge in [0, 0.05) is 38.6 Å². The highest BCUT2D eigenvalue weighted by Gasteiger charge is 2.24. The molecular weight excluding hydrogens is 488 g/mol. The van der Waals surface area contributed by atoms with Gasteiger partial charge in [-0.3, -0.25) is 14.9 Å². The first-order valence-electron chi connectivity index (χ1n) is 7.52. The molecule has 2 rings (SSSR count). The normalized spacial score (nSPS) is 11.5. The molecule has 0 bridgehead atoms. The number of benzene rings is 2. The van der Waals surface area contributed by atoms with Gasteiger partial charge in [-0.1, -0.05) is 31.9 Å². The van der Waals surface area contributed by atoms with E-state index in [2.05, 4.69) is 37.2 Å². The number of methoxy groups -OCH3 is 1. The van der Waals surface area contributed by atoms with E-state index in [9.17, 15) is 24.8 Å². The van der Waals surface area contributed by atoms with Crippen molar-refractivity contribution in [3.63, 3.8) is 0 Å². The van der Waals surface area contributed by atoms with Gasteiger partial charge in [0.2, 0.25) is 0 Å². The minimum absolute atomic E-state index is 0.179. The Hall–Kier alpha value is -2.46. The fourth-order valence-corrected chi connectivity index (χ4v) is 3.68. The lowest BCUT2D eigenvalue weighted by Crippen LogP contribution is -2.42. The van der Waals surface area contributed by atoms with Gasteiger partial charge < -0.3 is 15.2 Å². The number of nitrogens with zero attached hydrogens (tertiary/aromatic N) is 1. The molecule has 2 aromatic rings. The molecule has 27 heavy (non-hydrogen) atoms. The monoisotopic (exact) mass is 500 g/mol. The first-order chi connectivity index (χ1) is 12.7. The van der Waals surface area contributed by atoms with Gasteiger partial charge >= 0.3 is 5.97 Å². The SMILES string of the molecule is COc1ccc([N+](=O)[O-])cc1C[C@@H](NC(=O)c1cc(Br)cc(Br)c1)C(=O)O. The average Bonchev–Trinajstić information content (AvgIpc) is 2.59. The van der Waals surface area contributed by atoms with Crippen molar-refractivity contribution < 1.29 is 24.4 Å². The van der Waals surface area contributed by atoms with Gasteiger partial charge in [-0.25, -0.2) is 4.79 Å². The van der Waals surface area contributed by atoms with Crippen LogP contribution >= 0.6 is 31.9 Å². The second kappa shape index (κ2) is 8.96. The number of carboxylic acids is 1.